The van der Waals surface area contributed by atoms with Gasteiger partial charge in [-0.2, -0.15) is 4.37 Å². The van der Waals surface area contributed by atoms with Crippen LogP contribution in [-0.2, 0) is 10.3 Å². The van der Waals surface area contributed by atoms with E-state index in [9.17, 15) is 4.79 Å². The van der Waals surface area contributed by atoms with Gasteiger partial charge in [-0.05, 0) is 30.4 Å². The number of thioether (sulfide) groups is 1. The maximum atomic E-state index is 11.7. The van der Waals surface area contributed by atoms with Gasteiger partial charge in [0.05, 0.1) is 0 Å². The Morgan fingerprint density at radius 3 is 2.65 bits per heavy atom. The van der Waals surface area contributed by atoms with Crippen molar-refractivity contribution < 1.29 is 4.79 Å². The molecule has 1 heterocycles. The quantitative estimate of drug-likeness (QED) is 0.792. The standard InChI is InChI=1S/C13H16N4OS2/c1-9-16-12(20-17-9)19-8-7-13(15,11(14)18)10-5-3-2-4-6-10/h2-6H,7-8,15H2,1H3,(H2,14,18). The summed E-state index contributed by atoms with van der Waals surface area (Å²) >= 11 is 2.89. The van der Waals surface area contributed by atoms with Crippen LogP contribution in [0.5, 0.6) is 0 Å². The molecule has 0 spiro atoms. The third-order valence-electron chi connectivity index (χ3n) is 2.96. The van der Waals surface area contributed by atoms with Crippen molar-refractivity contribution in [2.24, 2.45) is 11.5 Å². The summed E-state index contributed by atoms with van der Waals surface area (Å²) in [4.78, 5) is 16.0. The second kappa shape index (κ2) is 6.34. The summed E-state index contributed by atoms with van der Waals surface area (Å²) in [7, 11) is 0. The third kappa shape index (κ3) is 3.36. The van der Waals surface area contributed by atoms with Crippen LogP contribution in [0, 0.1) is 6.92 Å². The van der Waals surface area contributed by atoms with Crippen molar-refractivity contribution in [2.75, 3.05) is 5.75 Å². The van der Waals surface area contributed by atoms with E-state index >= 15 is 0 Å². The first-order chi connectivity index (χ1) is 9.52. The average molecular weight is 308 g/mol. The van der Waals surface area contributed by atoms with Crippen LogP contribution in [0.2, 0.25) is 0 Å². The lowest BCUT2D eigenvalue weighted by atomic mass is 9.88. The summed E-state index contributed by atoms with van der Waals surface area (Å²) in [5.41, 5.74) is 11.3. The topological polar surface area (TPSA) is 94.9 Å². The largest absolute Gasteiger partial charge is 0.368 e. The van der Waals surface area contributed by atoms with Crippen LogP contribution in [0.3, 0.4) is 0 Å². The number of hydrogen-bond acceptors (Lipinski definition) is 6. The molecular formula is C13H16N4OS2. The second-order valence-corrected chi connectivity index (χ2v) is 6.50. The van der Waals surface area contributed by atoms with E-state index in [4.69, 9.17) is 11.5 Å². The van der Waals surface area contributed by atoms with Crippen molar-refractivity contribution in [2.45, 2.75) is 23.2 Å². The second-order valence-electron chi connectivity index (χ2n) is 4.41. The molecule has 1 aromatic carbocycles. The van der Waals surface area contributed by atoms with Crippen LogP contribution >= 0.6 is 23.3 Å². The van der Waals surface area contributed by atoms with Crippen molar-refractivity contribution in [3.8, 4) is 0 Å². The Morgan fingerprint density at radius 2 is 2.10 bits per heavy atom. The molecule has 0 saturated carbocycles. The molecule has 2 rings (SSSR count). The summed E-state index contributed by atoms with van der Waals surface area (Å²) in [6, 6.07) is 9.22. The maximum absolute atomic E-state index is 11.7. The third-order valence-corrected chi connectivity index (χ3v) is 4.89. The molecule has 5 nitrogen and oxygen atoms in total. The predicted molar refractivity (Wildman–Crippen MR) is 81.5 cm³/mol. The number of hydrogen-bond donors (Lipinski definition) is 2. The fraction of sp³-hybridized carbons (Fsp3) is 0.308. The van der Waals surface area contributed by atoms with Gasteiger partial charge < -0.3 is 11.5 Å². The Morgan fingerprint density at radius 1 is 1.40 bits per heavy atom. The number of rotatable bonds is 6. The van der Waals surface area contributed by atoms with Crippen molar-refractivity contribution in [3.05, 3.63) is 41.7 Å². The molecule has 1 aromatic heterocycles. The highest BCUT2D eigenvalue weighted by Crippen LogP contribution is 2.27. The highest BCUT2D eigenvalue weighted by atomic mass is 32.2. The number of aryl methyl sites for hydroxylation is 1. The van der Waals surface area contributed by atoms with Crippen molar-refractivity contribution in [1.29, 1.82) is 0 Å². The lowest BCUT2D eigenvalue weighted by molar-refractivity contribution is -0.123. The van der Waals surface area contributed by atoms with E-state index in [1.54, 1.807) is 0 Å². The fourth-order valence-corrected chi connectivity index (χ4v) is 3.57. The Balaban J connectivity index is 2.05. The molecule has 1 atom stereocenters. The van der Waals surface area contributed by atoms with E-state index in [1.807, 2.05) is 37.3 Å². The van der Waals surface area contributed by atoms with E-state index in [1.165, 1.54) is 23.3 Å². The van der Waals surface area contributed by atoms with Gasteiger partial charge in [0, 0.05) is 5.75 Å². The maximum Gasteiger partial charge on any atom is 0.242 e. The van der Waals surface area contributed by atoms with Gasteiger partial charge in [-0.25, -0.2) is 4.98 Å². The zero-order valence-corrected chi connectivity index (χ0v) is 12.7. The number of aromatic nitrogens is 2. The first-order valence-corrected chi connectivity index (χ1v) is 7.86. The number of nitrogens with zero attached hydrogens (tertiary/aromatic N) is 2. The monoisotopic (exact) mass is 308 g/mol. The summed E-state index contributed by atoms with van der Waals surface area (Å²) in [6.45, 7) is 1.85. The Bertz CT molecular complexity index is 587. The molecule has 1 amide bonds. The molecule has 1 unspecified atom stereocenters. The molecule has 4 N–H and O–H groups in total. The van der Waals surface area contributed by atoms with Gasteiger partial charge in [0.15, 0.2) is 4.34 Å². The molecule has 7 heteroatoms. The number of primary amides is 1. The lowest BCUT2D eigenvalue weighted by Crippen LogP contribution is -2.49. The molecule has 0 aliphatic heterocycles. The van der Waals surface area contributed by atoms with Crippen LogP contribution in [0.4, 0.5) is 0 Å². The molecule has 0 aliphatic rings. The van der Waals surface area contributed by atoms with Crippen LogP contribution in [0.25, 0.3) is 0 Å². The molecule has 20 heavy (non-hydrogen) atoms. The molecule has 0 radical (unpaired) electrons. The molecule has 0 saturated heterocycles. The van der Waals surface area contributed by atoms with Crippen LogP contribution < -0.4 is 11.5 Å². The van der Waals surface area contributed by atoms with Crippen LogP contribution in [-0.4, -0.2) is 21.0 Å². The van der Waals surface area contributed by atoms with Crippen LogP contribution in [0.1, 0.15) is 17.8 Å². The summed E-state index contributed by atoms with van der Waals surface area (Å²) in [6.07, 6.45) is 0.454. The van der Waals surface area contributed by atoms with E-state index in [2.05, 4.69) is 9.36 Å². The summed E-state index contributed by atoms with van der Waals surface area (Å²) in [5.74, 6) is 0.899. The summed E-state index contributed by atoms with van der Waals surface area (Å²) in [5, 5.41) is 0. The van der Waals surface area contributed by atoms with E-state index < -0.39 is 11.4 Å². The minimum Gasteiger partial charge on any atom is -0.368 e. The van der Waals surface area contributed by atoms with Gasteiger partial charge in [-0.1, -0.05) is 42.1 Å². The van der Waals surface area contributed by atoms with Gasteiger partial charge in [0.25, 0.3) is 0 Å². The lowest BCUT2D eigenvalue weighted by Gasteiger charge is -2.26. The average Bonchev–Trinajstić information content (AvgIpc) is 2.85. The minimum absolute atomic E-state index is 0.454. The first-order valence-electron chi connectivity index (χ1n) is 6.10. The predicted octanol–water partition coefficient (Wildman–Crippen LogP) is 1.67. The molecular weight excluding hydrogens is 292 g/mol. The number of amides is 1. The Kier molecular flexibility index (Phi) is 4.74. The van der Waals surface area contributed by atoms with Gasteiger partial charge in [-0.15, -0.1) is 0 Å². The highest BCUT2D eigenvalue weighted by molar-refractivity contribution is 8.00. The molecule has 0 aliphatic carbocycles. The number of carbonyl (C=O) groups excluding carboxylic acids is 1. The number of benzene rings is 1. The van der Waals surface area contributed by atoms with Crippen LogP contribution in [0.15, 0.2) is 34.7 Å². The highest BCUT2D eigenvalue weighted by Gasteiger charge is 2.33. The fourth-order valence-electron chi connectivity index (χ4n) is 1.78. The Hall–Kier alpha value is -1.44. The smallest absolute Gasteiger partial charge is 0.242 e. The van der Waals surface area contributed by atoms with Crippen molar-refractivity contribution in [3.63, 3.8) is 0 Å². The van der Waals surface area contributed by atoms with Gasteiger partial charge >= 0.3 is 0 Å². The molecule has 2 aromatic rings. The molecule has 0 fully saturated rings. The molecule has 106 valence electrons. The Labute approximate surface area is 125 Å². The number of carbonyl (C=O) groups is 1. The van der Waals surface area contributed by atoms with E-state index in [-0.39, 0.29) is 0 Å². The van der Waals surface area contributed by atoms with Gasteiger partial charge in [-0.3, -0.25) is 4.79 Å². The zero-order chi connectivity index (χ0) is 14.6. The van der Waals surface area contributed by atoms with E-state index in [0.717, 1.165) is 15.7 Å². The van der Waals surface area contributed by atoms with Gasteiger partial charge in [0.2, 0.25) is 5.91 Å². The van der Waals surface area contributed by atoms with E-state index in [0.29, 0.717) is 12.2 Å². The summed E-state index contributed by atoms with van der Waals surface area (Å²) < 4.78 is 4.99. The van der Waals surface area contributed by atoms with Crippen molar-refractivity contribution >= 4 is 29.2 Å². The first kappa shape index (κ1) is 15.0. The normalized spacial score (nSPS) is 13.9. The SMILES string of the molecule is Cc1nsc(SCCC(N)(C(N)=O)c2ccccc2)n1. The van der Waals surface area contributed by atoms with Crippen molar-refractivity contribution in [1.82, 2.24) is 9.36 Å². The minimum atomic E-state index is -1.14. The zero-order valence-electron chi connectivity index (χ0n) is 11.1. The molecule has 0 bridgehead atoms. The number of nitrogens with two attached hydrogens (primary N) is 2. The van der Waals surface area contributed by atoms with Gasteiger partial charge in [0.1, 0.15) is 11.4 Å².